The van der Waals surface area contributed by atoms with Crippen LogP contribution in [0.1, 0.15) is 45.4 Å². The zero-order chi connectivity index (χ0) is 13.1. The third-order valence-electron chi connectivity index (χ3n) is 4.26. The van der Waals surface area contributed by atoms with E-state index >= 15 is 0 Å². The highest BCUT2D eigenvalue weighted by Crippen LogP contribution is 2.29. The van der Waals surface area contributed by atoms with E-state index in [4.69, 9.17) is 5.11 Å². The Morgan fingerprint density at radius 3 is 2.61 bits per heavy atom. The van der Waals surface area contributed by atoms with Crippen LogP contribution in [0, 0.1) is 5.92 Å². The summed E-state index contributed by atoms with van der Waals surface area (Å²) in [5.41, 5.74) is 0. The van der Waals surface area contributed by atoms with Crippen LogP contribution in [0.4, 0.5) is 4.79 Å². The van der Waals surface area contributed by atoms with Crippen molar-refractivity contribution in [1.82, 2.24) is 10.2 Å². The number of carbonyl (C=O) groups is 2. The van der Waals surface area contributed by atoms with E-state index in [-0.39, 0.29) is 24.5 Å². The summed E-state index contributed by atoms with van der Waals surface area (Å²) < 4.78 is 0. The van der Waals surface area contributed by atoms with Crippen molar-refractivity contribution in [3.05, 3.63) is 0 Å². The molecule has 1 aliphatic carbocycles. The fourth-order valence-electron chi connectivity index (χ4n) is 2.85. The number of hydrogen-bond donors (Lipinski definition) is 2. The maximum atomic E-state index is 12.1. The molecule has 0 aromatic heterocycles. The number of rotatable bonds is 4. The monoisotopic (exact) mass is 254 g/mol. The van der Waals surface area contributed by atoms with E-state index in [1.54, 1.807) is 4.90 Å². The molecule has 2 N–H and O–H groups in total. The van der Waals surface area contributed by atoms with E-state index < -0.39 is 5.97 Å². The Bertz CT molecular complexity index is 328. The van der Waals surface area contributed by atoms with Gasteiger partial charge in [-0.05, 0) is 38.5 Å². The molecule has 5 heteroatoms. The standard InChI is InChI=1S/C13H22N2O3/c1-9(10-4-2-5-10)14-13(18)15-7-3-6-11(15)8-12(16)17/h9-11H,2-8H2,1H3,(H,14,18)(H,16,17). The first-order chi connectivity index (χ1) is 8.58. The van der Waals surface area contributed by atoms with Crippen molar-refractivity contribution >= 4 is 12.0 Å². The van der Waals surface area contributed by atoms with E-state index in [1.165, 1.54) is 19.3 Å². The largest absolute Gasteiger partial charge is 0.481 e. The average Bonchev–Trinajstić information content (AvgIpc) is 2.61. The first kappa shape index (κ1) is 13.2. The molecule has 1 heterocycles. The molecule has 2 amide bonds. The lowest BCUT2D eigenvalue weighted by Crippen LogP contribution is -2.49. The number of likely N-dealkylation sites (tertiary alicyclic amines) is 1. The van der Waals surface area contributed by atoms with Gasteiger partial charge in [-0.1, -0.05) is 6.42 Å². The number of amides is 2. The van der Waals surface area contributed by atoms with Crippen molar-refractivity contribution < 1.29 is 14.7 Å². The summed E-state index contributed by atoms with van der Waals surface area (Å²) in [5, 5.41) is 11.9. The van der Waals surface area contributed by atoms with Gasteiger partial charge in [-0.2, -0.15) is 0 Å². The topological polar surface area (TPSA) is 69.6 Å². The number of hydrogen-bond acceptors (Lipinski definition) is 2. The summed E-state index contributed by atoms with van der Waals surface area (Å²) in [4.78, 5) is 24.6. The fraction of sp³-hybridized carbons (Fsp3) is 0.846. The van der Waals surface area contributed by atoms with Crippen molar-refractivity contribution in [2.75, 3.05) is 6.54 Å². The maximum Gasteiger partial charge on any atom is 0.317 e. The smallest absolute Gasteiger partial charge is 0.317 e. The second-order valence-corrected chi connectivity index (χ2v) is 5.52. The van der Waals surface area contributed by atoms with Crippen LogP contribution >= 0.6 is 0 Å². The van der Waals surface area contributed by atoms with E-state index in [2.05, 4.69) is 5.32 Å². The normalized spacial score (nSPS) is 25.6. The molecule has 18 heavy (non-hydrogen) atoms. The highest BCUT2D eigenvalue weighted by Gasteiger charge is 2.32. The molecule has 1 aliphatic heterocycles. The molecule has 0 bridgehead atoms. The van der Waals surface area contributed by atoms with Gasteiger partial charge in [0.1, 0.15) is 0 Å². The van der Waals surface area contributed by atoms with E-state index in [1.807, 2.05) is 6.92 Å². The number of urea groups is 1. The van der Waals surface area contributed by atoms with Crippen LogP contribution in [0.2, 0.25) is 0 Å². The molecule has 0 aromatic carbocycles. The van der Waals surface area contributed by atoms with Crippen LogP contribution in [-0.2, 0) is 4.79 Å². The third-order valence-corrected chi connectivity index (χ3v) is 4.26. The first-order valence-electron chi connectivity index (χ1n) is 6.87. The van der Waals surface area contributed by atoms with Crippen LogP contribution in [-0.4, -0.2) is 40.6 Å². The lowest BCUT2D eigenvalue weighted by atomic mass is 9.80. The minimum absolute atomic E-state index is 0.0607. The molecule has 2 rings (SSSR count). The summed E-state index contributed by atoms with van der Waals surface area (Å²) in [5.74, 6) is -0.221. The Hall–Kier alpha value is -1.26. The zero-order valence-corrected chi connectivity index (χ0v) is 10.9. The van der Waals surface area contributed by atoms with Gasteiger partial charge in [0.05, 0.1) is 6.42 Å². The van der Waals surface area contributed by atoms with Gasteiger partial charge >= 0.3 is 12.0 Å². The van der Waals surface area contributed by atoms with Crippen molar-refractivity contribution in [3.8, 4) is 0 Å². The number of carboxylic acid groups (broad SMARTS) is 1. The Kier molecular flexibility index (Phi) is 4.09. The quantitative estimate of drug-likeness (QED) is 0.804. The van der Waals surface area contributed by atoms with Gasteiger partial charge in [-0.3, -0.25) is 4.79 Å². The molecular weight excluding hydrogens is 232 g/mol. The molecule has 2 unspecified atom stereocenters. The van der Waals surface area contributed by atoms with Crippen molar-refractivity contribution in [2.24, 2.45) is 5.92 Å². The summed E-state index contributed by atoms with van der Waals surface area (Å²) >= 11 is 0. The maximum absolute atomic E-state index is 12.1. The highest BCUT2D eigenvalue weighted by atomic mass is 16.4. The molecule has 0 radical (unpaired) electrons. The Balaban J connectivity index is 1.84. The van der Waals surface area contributed by atoms with Crippen LogP contribution < -0.4 is 5.32 Å². The van der Waals surface area contributed by atoms with Gasteiger partial charge in [-0.25, -0.2) is 4.79 Å². The Morgan fingerprint density at radius 1 is 1.33 bits per heavy atom. The van der Waals surface area contributed by atoms with Gasteiger partial charge in [0.15, 0.2) is 0 Å². The number of nitrogens with one attached hydrogen (secondary N) is 1. The third kappa shape index (κ3) is 2.94. The Labute approximate surface area is 108 Å². The summed E-state index contributed by atoms with van der Waals surface area (Å²) in [6.07, 6.45) is 5.42. The minimum atomic E-state index is -0.827. The van der Waals surface area contributed by atoms with Crippen LogP contribution in [0.5, 0.6) is 0 Å². The summed E-state index contributed by atoms with van der Waals surface area (Å²) in [7, 11) is 0. The molecule has 1 saturated heterocycles. The van der Waals surface area contributed by atoms with Gasteiger partial charge in [0, 0.05) is 18.6 Å². The van der Waals surface area contributed by atoms with E-state index in [0.29, 0.717) is 12.5 Å². The van der Waals surface area contributed by atoms with Gasteiger partial charge < -0.3 is 15.3 Å². The van der Waals surface area contributed by atoms with Crippen molar-refractivity contribution in [2.45, 2.75) is 57.5 Å². The lowest BCUT2D eigenvalue weighted by molar-refractivity contribution is -0.137. The lowest BCUT2D eigenvalue weighted by Gasteiger charge is -2.34. The van der Waals surface area contributed by atoms with Crippen molar-refractivity contribution in [1.29, 1.82) is 0 Å². The van der Waals surface area contributed by atoms with Gasteiger partial charge in [0.25, 0.3) is 0 Å². The van der Waals surface area contributed by atoms with Crippen LogP contribution in [0.15, 0.2) is 0 Å². The van der Waals surface area contributed by atoms with Crippen LogP contribution in [0.25, 0.3) is 0 Å². The number of aliphatic carboxylic acids is 1. The molecule has 1 saturated carbocycles. The minimum Gasteiger partial charge on any atom is -0.481 e. The SMILES string of the molecule is CC(NC(=O)N1CCCC1CC(=O)O)C1CCC1. The van der Waals surface area contributed by atoms with Gasteiger partial charge in [-0.15, -0.1) is 0 Å². The molecule has 0 spiro atoms. The molecule has 2 aliphatic rings. The molecule has 0 aromatic rings. The van der Waals surface area contributed by atoms with Crippen molar-refractivity contribution in [3.63, 3.8) is 0 Å². The molecule has 5 nitrogen and oxygen atoms in total. The summed E-state index contributed by atoms with van der Waals surface area (Å²) in [6.45, 7) is 2.73. The number of carboxylic acids is 1. The summed E-state index contributed by atoms with van der Waals surface area (Å²) in [6, 6.07) is -0.00781. The predicted molar refractivity (Wildman–Crippen MR) is 67.3 cm³/mol. The van der Waals surface area contributed by atoms with E-state index in [0.717, 1.165) is 12.8 Å². The van der Waals surface area contributed by atoms with Gasteiger partial charge in [0.2, 0.25) is 0 Å². The molecule has 2 fully saturated rings. The Morgan fingerprint density at radius 2 is 2.06 bits per heavy atom. The average molecular weight is 254 g/mol. The highest BCUT2D eigenvalue weighted by molar-refractivity contribution is 5.76. The second kappa shape index (κ2) is 5.59. The first-order valence-corrected chi connectivity index (χ1v) is 6.87. The fourth-order valence-corrected chi connectivity index (χ4v) is 2.85. The number of nitrogens with zero attached hydrogens (tertiary/aromatic N) is 1. The molecule has 2 atom stereocenters. The second-order valence-electron chi connectivity index (χ2n) is 5.52. The molecule has 102 valence electrons. The van der Waals surface area contributed by atoms with Crippen LogP contribution in [0.3, 0.4) is 0 Å². The molecular formula is C13H22N2O3. The number of carbonyl (C=O) groups excluding carboxylic acids is 1. The van der Waals surface area contributed by atoms with E-state index in [9.17, 15) is 9.59 Å². The predicted octanol–water partition coefficient (Wildman–Crippen LogP) is 1.82. The zero-order valence-electron chi connectivity index (χ0n) is 10.9.